The van der Waals surface area contributed by atoms with E-state index in [2.05, 4.69) is 19.8 Å². The fraction of sp³-hybridized carbons (Fsp3) is 0.519. The zero-order valence-electron chi connectivity index (χ0n) is 24.7. The molecule has 0 spiro atoms. The van der Waals surface area contributed by atoms with E-state index in [9.17, 15) is 31.1 Å². The number of carbonyl (C=O) groups is 1. The monoisotopic (exact) mass is 657 g/mol. The van der Waals surface area contributed by atoms with Gasteiger partial charge < -0.3 is 37.9 Å². The Labute approximate surface area is 254 Å². The van der Waals surface area contributed by atoms with Crippen LogP contribution in [0.3, 0.4) is 0 Å². The highest BCUT2D eigenvalue weighted by atomic mass is 19.3. The first-order chi connectivity index (χ1) is 21.3. The van der Waals surface area contributed by atoms with Gasteiger partial charge >= 0.3 is 30.2 Å². The summed E-state index contributed by atoms with van der Waals surface area (Å²) in [7, 11) is 0. The van der Waals surface area contributed by atoms with Crippen molar-refractivity contribution in [3.05, 3.63) is 54.3 Å². The van der Waals surface area contributed by atoms with Gasteiger partial charge in [-0.05, 0) is 20.8 Å². The van der Waals surface area contributed by atoms with Crippen molar-refractivity contribution in [1.82, 2.24) is 15.0 Å². The maximum atomic E-state index is 13.1. The fourth-order valence-electron chi connectivity index (χ4n) is 2.89. The summed E-state index contributed by atoms with van der Waals surface area (Å²) in [5.74, 6) is -1.78. The largest absolute Gasteiger partial charge is 0.491 e. The van der Waals surface area contributed by atoms with Gasteiger partial charge in [-0.3, -0.25) is 4.79 Å². The average Bonchev–Trinajstić information content (AvgIpc) is 3.42. The second-order valence-electron chi connectivity index (χ2n) is 9.71. The molecule has 0 amide bonds. The van der Waals surface area contributed by atoms with E-state index in [0.717, 1.165) is 12.1 Å². The highest BCUT2D eigenvalue weighted by Gasteiger charge is 2.23. The number of halogens is 6. The zero-order valence-corrected chi connectivity index (χ0v) is 24.7. The molecule has 0 radical (unpaired) electrons. The first-order valence-electron chi connectivity index (χ1n) is 13.3. The Morgan fingerprint density at radius 2 is 1.18 bits per heavy atom. The molecule has 1 aromatic heterocycles. The number of ether oxygens (including phenoxy) is 8. The Kier molecular flexibility index (Phi) is 16.2. The average molecular weight is 658 g/mol. The second-order valence-corrected chi connectivity index (χ2v) is 9.71. The number of aromatic nitrogens is 3. The van der Waals surface area contributed by atoms with E-state index in [1.54, 1.807) is 27.0 Å². The van der Waals surface area contributed by atoms with Crippen molar-refractivity contribution in [2.45, 2.75) is 34.1 Å². The molecule has 0 atom stereocenters. The van der Waals surface area contributed by atoms with Crippen LogP contribution in [0.2, 0.25) is 0 Å². The fourth-order valence-corrected chi connectivity index (χ4v) is 2.89. The molecule has 0 saturated carbocycles. The zero-order chi connectivity index (χ0) is 33.2. The number of nitrogens with zero attached hydrogens (tertiary/aromatic N) is 3. The second kappa shape index (κ2) is 19.5. The van der Waals surface area contributed by atoms with Crippen LogP contribution in [0.4, 0.5) is 26.3 Å². The van der Waals surface area contributed by atoms with Gasteiger partial charge in [0.05, 0.1) is 64.5 Å². The number of hydrogen-bond acceptors (Lipinski definition) is 11. The van der Waals surface area contributed by atoms with Gasteiger partial charge in [0.15, 0.2) is 6.73 Å². The molecular formula is C27H33F6N3O9. The maximum absolute atomic E-state index is 13.1. The van der Waals surface area contributed by atoms with Crippen LogP contribution < -0.4 is 14.2 Å². The van der Waals surface area contributed by atoms with Crippen LogP contribution in [0.1, 0.15) is 26.5 Å². The van der Waals surface area contributed by atoms with Gasteiger partial charge in [-0.15, -0.1) is 5.10 Å². The molecule has 0 aliphatic heterocycles. The van der Waals surface area contributed by atoms with Crippen LogP contribution >= 0.6 is 0 Å². The Balaban J connectivity index is 1.53. The van der Waals surface area contributed by atoms with Gasteiger partial charge in [-0.1, -0.05) is 5.21 Å². The Hall–Kier alpha value is -3.87. The maximum Gasteiger partial charge on any atom is 0.344 e. The number of hydrogen-bond donors (Lipinski definition) is 0. The third-order valence-electron chi connectivity index (χ3n) is 4.95. The van der Waals surface area contributed by atoms with E-state index in [1.165, 1.54) is 4.68 Å². The Bertz CT molecular complexity index is 1220. The van der Waals surface area contributed by atoms with Crippen molar-refractivity contribution >= 4 is 5.97 Å². The highest BCUT2D eigenvalue weighted by Crippen LogP contribution is 2.31. The first-order valence-corrected chi connectivity index (χ1v) is 13.3. The van der Waals surface area contributed by atoms with Gasteiger partial charge in [-0.25, -0.2) is 4.68 Å². The summed E-state index contributed by atoms with van der Waals surface area (Å²) in [6, 6.07) is -1.88. The Morgan fingerprint density at radius 3 is 1.67 bits per heavy atom. The normalized spacial score (nSPS) is 11.2. The van der Waals surface area contributed by atoms with Crippen LogP contribution in [0.25, 0.3) is 0 Å². The summed E-state index contributed by atoms with van der Waals surface area (Å²) in [5, 5.41) is 7.80. The molecule has 18 heteroatoms. The summed E-state index contributed by atoms with van der Waals surface area (Å²) in [5.41, 5.74) is -0.0506. The highest BCUT2D eigenvalue weighted by molar-refractivity contribution is 5.75. The summed E-state index contributed by atoms with van der Waals surface area (Å²) < 4.78 is 117. The summed E-state index contributed by atoms with van der Waals surface area (Å²) in [6.45, 7) is 6.91. The number of esters is 1. The van der Waals surface area contributed by atoms with E-state index in [-0.39, 0.29) is 58.1 Å². The number of benzene rings is 1. The van der Waals surface area contributed by atoms with Crippen molar-refractivity contribution in [2.75, 3.05) is 52.9 Å². The molecule has 12 nitrogen and oxygen atoms in total. The van der Waals surface area contributed by atoms with Crippen molar-refractivity contribution < 1.29 is 69.0 Å². The molecule has 0 aliphatic carbocycles. The van der Waals surface area contributed by atoms with Crippen molar-refractivity contribution in [2.24, 2.45) is 5.41 Å². The SMILES string of the molecule is CC(C)(C)C(=O)OCn1cc(COCCOCCOCCOCCOc2cc(OC(F)=C(F)F)cc(OC(F)=C(F)F)c2)nn1. The smallest absolute Gasteiger partial charge is 0.344 e. The lowest BCUT2D eigenvalue weighted by Crippen LogP contribution is -2.24. The number of rotatable bonds is 21. The van der Waals surface area contributed by atoms with Gasteiger partial charge in [0, 0.05) is 18.2 Å². The molecule has 1 heterocycles. The molecule has 0 fully saturated rings. The van der Waals surface area contributed by atoms with E-state index >= 15 is 0 Å². The van der Waals surface area contributed by atoms with Gasteiger partial charge in [0.2, 0.25) is 0 Å². The minimum Gasteiger partial charge on any atom is -0.491 e. The molecule has 2 rings (SSSR count). The first kappa shape index (κ1) is 37.3. The lowest BCUT2D eigenvalue weighted by molar-refractivity contribution is -0.157. The van der Waals surface area contributed by atoms with Gasteiger partial charge in [-0.2, -0.15) is 26.3 Å². The molecular weight excluding hydrogens is 624 g/mol. The van der Waals surface area contributed by atoms with Crippen molar-refractivity contribution in [1.29, 1.82) is 0 Å². The third-order valence-corrected chi connectivity index (χ3v) is 4.95. The van der Waals surface area contributed by atoms with Gasteiger partial charge in [0.1, 0.15) is 29.5 Å². The Morgan fingerprint density at radius 1 is 0.711 bits per heavy atom. The molecule has 1 aromatic carbocycles. The van der Waals surface area contributed by atoms with Crippen LogP contribution in [-0.4, -0.2) is 73.8 Å². The standard InChI is InChI=1S/C27H33F6N3O9/c1-27(2,3)26(37)43-17-36-15-18(34-35-36)16-41-9-8-39-5-4-38-6-7-40-10-11-42-19-12-20(44-24(32)22(28)29)14-21(13-19)45-25(33)23(30)31/h12-15H,4-11,16-17H2,1-3H3. The molecule has 0 saturated heterocycles. The molecule has 252 valence electrons. The van der Waals surface area contributed by atoms with Crippen LogP contribution in [-0.2, 0) is 41.8 Å². The lowest BCUT2D eigenvalue weighted by Gasteiger charge is -2.15. The predicted molar refractivity (Wildman–Crippen MR) is 142 cm³/mol. The van der Waals surface area contributed by atoms with E-state index in [4.69, 9.17) is 28.4 Å². The molecule has 2 aromatic rings. The third kappa shape index (κ3) is 15.6. The van der Waals surface area contributed by atoms with Gasteiger partial charge in [0.25, 0.3) is 0 Å². The van der Waals surface area contributed by atoms with Crippen molar-refractivity contribution in [3.63, 3.8) is 0 Å². The minimum absolute atomic E-state index is 0.0229. The predicted octanol–water partition coefficient (Wildman–Crippen LogP) is 5.30. The lowest BCUT2D eigenvalue weighted by atomic mass is 9.98. The molecule has 0 aliphatic rings. The quantitative estimate of drug-likeness (QED) is 0.0753. The minimum atomic E-state index is -2.77. The van der Waals surface area contributed by atoms with E-state index in [1.807, 2.05) is 0 Å². The number of carbonyl (C=O) groups excluding carboxylic acids is 1. The van der Waals surface area contributed by atoms with Crippen molar-refractivity contribution in [3.8, 4) is 17.2 Å². The summed E-state index contributed by atoms with van der Waals surface area (Å²) in [6.07, 6.45) is -3.93. The van der Waals surface area contributed by atoms with Crippen LogP contribution in [0.15, 0.2) is 48.6 Å². The summed E-state index contributed by atoms with van der Waals surface area (Å²) in [4.78, 5) is 11.8. The van der Waals surface area contributed by atoms with E-state index in [0.29, 0.717) is 31.6 Å². The molecule has 45 heavy (non-hydrogen) atoms. The topological polar surface area (TPSA) is 122 Å². The molecule has 0 bridgehead atoms. The van der Waals surface area contributed by atoms with Crippen LogP contribution in [0.5, 0.6) is 17.2 Å². The summed E-state index contributed by atoms with van der Waals surface area (Å²) >= 11 is 0. The van der Waals surface area contributed by atoms with Crippen LogP contribution in [0, 0.1) is 5.41 Å². The molecule has 0 unspecified atom stereocenters. The molecule has 0 N–H and O–H groups in total. The van der Waals surface area contributed by atoms with E-state index < -0.39 is 41.1 Å².